The van der Waals surface area contributed by atoms with Crippen molar-refractivity contribution < 1.29 is 9.50 Å². The summed E-state index contributed by atoms with van der Waals surface area (Å²) in [5, 5.41) is 13.6. The number of aliphatic hydroxyl groups excluding tert-OH is 1. The Morgan fingerprint density at radius 2 is 1.86 bits per heavy atom. The molecule has 112 valence electrons. The second-order valence-electron chi connectivity index (χ2n) is 5.34. The lowest BCUT2D eigenvalue weighted by Crippen LogP contribution is -2.40. The summed E-state index contributed by atoms with van der Waals surface area (Å²) >= 11 is 0. The van der Waals surface area contributed by atoms with Crippen LogP contribution in [-0.2, 0) is 6.42 Å². The van der Waals surface area contributed by atoms with Gasteiger partial charge in [0.05, 0.1) is 18.0 Å². The third-order valence-electron chi connectivity index (χ3n) is 3.57. The molecule has 2 aromatic rings. The molecule has 2 rings (SSSR count). The predicted molar refractivity (Wildman–Crippen MR) is 81.4 cm³/mol. The molecule has 0 bridgehead atoms. The summed E-state index contributed by atoms with van der Waals surface area (Å²) in [4.78, 5) is 4.06. The number of hydrogen-bond donors (Lipinski definition) is 2. The van der Waals surface area contributed by atoms with Gasteiger partial charge in [0.2, 0.25) is 0 Å². The van der Waals surface area contributed by atoms with Crippen LogP contribution in [-0.4, -0.2) is 22.2 Å². The molecule has 0 spiro atoms. The van der Waals surface area contributed by atoms with E-state index in [0.29, 0.717) is 6.42 Å². The molecule has 3 atom stereocenters. The van der Waals surface area contributed by atoms with E-state index in [9.17, 15) is 9.50 Å². The molecule has 3 unspecified atom stereocenters. The standard InChI is InChI=1S/C17H21FN2O/c1-12(16-9-8-15(18)11-19-16)20-13(2)17(21)10-14-6-4-3-5-7-14/h3-9,11-13,17,20-21H,10H2,1-2H3. The molecule has 0 fully saturated rings. The van der Waals surface area contributed by atoms with Crippen molar-refractivity contribution in [2.75, 3.05) is 0 Å². The molecule has 21 heavy (non-hydrogen) atoms. The molecule has 4 heteroatoms. The van der Waals surface area contributed by atoms with Gasteiger partial charge in [-0.05, 0) is 38.0 Å². The van der Waals surface area contributed by atoms with Crippen molar-refractivity contribution in [2.24, 2.45) is 0 Å². The van der Waals surface area contributed by atoms with Crippen molar-refractivity contribution >= 4 is 0 Å². The number of nitrogens with one attached hydrogen (secondary N) is 1. The lowest BCUT2D eigenvalue weighted by molar-refractivity contribution is 0.129. The first kappa shape index (κ1) is 15.6. The highest BCUT2D eigenvalue weighted by Crippen LogP contribution is 2.13. The first-order chi connectivity index (χ1) is 10.1. The minimum Gasteiger partial charge on any atom is -0.391 e. The van der Waals surface area contributed by atoms with E-state index in [4.69, 9.17) is 0 Å². The van der Waals surface area contributed by atoms with Crippen LogP contribution >= 0.6 is 0 Å². The van der Waals surface area contributed by atoms with Crippen LogP contribution in [0.2, 0.25) is 0 Å². The predicted octanol–water partition coefficient (Wildman–Crippen LogP) is 2.86. The molecular weight excluding hydrogens is 267 g/mol. The fraction of sp³-hybridized carbons (Fsp3) is 0.353. The van der Waals surface area contributed by atoms with Gasteiger partial charge in [0.25, 0.3) is 0 Å². The SMILES string of the molecule is CC(NC(C)C(O)Cc1ccccc1)c1ccc(F)cn1. The van der Waals surface area contributed by atoms with E-state index in [1.807, 2.05) is 44.2 Å². The van der Waals surface area contributed by atoms with E-state index in [1.54, 1.807) is 6.07 Å². The van der Waals surface area contributed by atoms with Crippen LogP contribution in [0, 0.1) is 5.82 Å². The summed E-state index contributed by atoms with van der Waals surface area (Å²) in [5.74, 6) is -0.344. The van der Waals surface area contributed by atoms with Gasteiger partial charge >= 0.3 is 0 Å². The minimum absolute atomic E-state index is 0.0500. The Hall–Kier alpha value is -1.78. The zero-order valence-electron chi connectivity index (χ0n) is 12.3. The highest BCUT2D eigenvalue weighted by atomic mass is 19.1. The van der Waals surface area contributed by atoms with E-state index in [2.05, 4.69) is 10.3 Å². The molecule has 0 amide bonds. The Morgan fingerprint density at radius 3 is 2.48 bits per heavy atom. The first-order valence-electron chi connectivity index (χ1n) is 7.15. The van der Waals surface area contributed by atoms with Crippen LogP contribution in [0.4, 0.5) is 4.39 Å². The molecule has 0 saturated carbocycles. The molecule has 0 aliphatic carbocycles. The van der Waals surface area contributed by atoms with Gasteiger partial charge in [-0.15, -0.1) is 0 Å². The number of rotatable bonds is 6. The molecule has 1 heterocycles. The monoisotopic (exact) mass is 288 g/mol. The largest absolute Gasteiger partial charge is 0.391 e. The van der Waals surface area contributed by atoms with Gasteiger partial charge in [0, 0.05) is 12.1 Å². The molecule has 0 saturated heterocycles. The smallest absolute Gasteiger partial charge is 0.141 e. The van der Waals surface area contributed by atoms with Gasteiger partial charge in [-0.25, -0.2) is 4.39 Å². The van der Waals surface area contributed by atoms with Gasteiger partial charge < -0.3 is 10.4 Å². The molecule has 0 aliphatic rings. The number of aliphatic hydroxyl groups is 1. The highest BCUT2D eigenvalue weighted by molar-refractivity contribution is 5.16. The maximum absolute atomic E-state index is 12.9. The van der Waals surface area contributed by atoms with Crippen molar-refractivity contribution in [1.29, 1.82) is 0 Å². The second kappa shape index (κ2) is 7.29. The summed E-state index contributed by atoms with van der Waals surface area (Å²) in [5.41, 5.74) is 1.86. The average Bonchev–Trinajstić information content (AvgIpc) is 2.48. The van der Waals surface area contributed by atoms with Crippen molar-refractivity contribution in [3.05, 3.63) is 65.7 Å². The van der Waals surface area contributed by atoms with Crippen molar-refractivity contribution in [2.45, 2.75) is 38.5 Å². The van der Waals surface area contributed by atoms with Crippen LogP contribution in [0.15, 0.2) is 48.7 Å². The van der Waals surface area contributed by atoms with E-state index >= 15 is 0 Å². The molecular formula is C17H21FN2O. The number of nitrogens with zero attached hydrogens (tertiary/aromatic N) is 1. The lowest BCUT2D eigenvalue weighted by atomic mass is 10.0. The number of benzene rings is 1. The van der Waals surface area contributed by atoms with Crippen LogP contribution in [0.1, 0.15) is 31.1 Å². The molecule has 0 aliphatic heterocycles. The normalized spacial score (nSPS) is 15.4. The fourth-order valence-electron chi connectivity index (χ4n) is 2.27. The quantitative estimate of drug-likeness (QED) is 0.859. The minimum atomic E-state index is -0.490. The maximum atomic E-state index is 12.9. The topological polar surface area (TPSA) is 45.1 Å². The zero-order chi connectivity index (χ0) is 15.2. The lowest BCUT2D eigenvalue weighted by Gasteiger charge is -2.24. The summed E-state index contributed by atoms with van der Waals surface area (Å²) in [6.07, 6.45) is 1.31. The van der Waals surface area contributed by atoms with E-state index in [1.165, 1.54) is 12.3 Å². The third kappa shape index (κ3) is 4.62. The highest BCUT2D eigenvalue weighted by Gasteiger charge is 2.18. The Balaban J connectivity index is 1.90. The average molecular weight is 288 g/mol. The first-order valence-corrected chi connectivity index (χ1v) is 7.15. The van der Waals surface area contributed by atoms with Crippen LogP contribution in [0.5, 0.6) is 0 Å². The number of hydrogen-bond acceptors (Lipinski definition) is 3. The Morgan fingerprint density at radius 1 is 1.14 bits per heavy atom. The van der Waals surface area contributed by atoms with Gasteiger partial charge in [-0.3, -0.25) is 4.98 Å². The van der Waals surface area contributed by atoms with Gasteiger partial charge in [0.1, 0.15) is 5.82 Å². The van der Waals surface area contributed by atoms with Gasteiger partial charge in [0.15, 0.2) is 0 Å². The van der Waals surface area contributed by atoms with Crippen molar-refractivity contribution in [3.8, 4) is 0 Å². The molecule has 1 aromatic carbocycles. The van der Waals surface area contributed by atoms with Crippen molar-refractivity contribution in [3.63, 3.8) is 0 Å². The summed E-state index contributed by atoms with van der Waals surface area (Å²) < 4.78 is 12.9. The Kier molecular flexibility index (Phi) is 5.42. The molecule has 3 nitrogen and oxygen atoms in total. The molecule has 1 aromatic heterocycles. The van der Waals surface area contributed by atoms with Crippen LogP contribution in [0.3, 0.4) is 0 Å². The second-order valence-corrected chi connectivity index (χ2v) is 5.34. The Bertz CT molecular complexity index is 544. The summed E-state index contributed by atoms with van der Waals surface area (Å²) in [6.45, 7) is 3.89. The molecule has 0 radical (unpaired) electrons. The maximum Gasteiger partial charge on any atom is 0.141 e. The zero-order valence-corrected chi connectivity index (χ0v) is 12.3. The van der Waals surface area contributed by atoms with Crippen LogP contribution in [0.25, 0.3) is 0 Å². The fourth-order valence-corrected chi connectivity index (χ4v) is 2.27. The number of aromatic nitrogens is 1. The Labute approximate surface area is 124 Å². The van der Waals surface area contributed by atoms with E-state index < -0.39 is 6.10 Å². The number of pyridine rings is 1. The number of halogens is 1. The third-order valence-corrected chi connectivity index (χ3v) is 3.57. The van der Waals surface area contributed by atoms with E-state index in [-0.39, 0.29) is 17.9 Å². The van der Waals surface area contributed by atoms with Crippen LogP contribution < -0.4 is 5.32 Å². The summed E-state index contributed by atoms with van der Waals surface area (Å²) in [6, 6.07) is 12.8. The molecule has 2 N–H and O–H groups in total. The van der Waals surface area contributed by atoms with Crippen molar-refractivity contribution in [1.82, 2.24) is 10.3 Å². The summed E-state index contributed by atoms with van der Waals surface area (Å²) in [7, 11) is 0. The van der Waals surface area contributed by atoms with Gasteiger partial charge in [-0.1, -0.05) is 30.3 Å². The van der Waals surface area contributed by atoms with E-state index in [0.717, 1.165) is 11.3 Å². The van der Waals surface area contributed by atoms with Gasteiger partial charge in [-0.2, -0.15) is 0 Å².